The maximum Gasteiger partial charge on any atom is 0.573 e. The van der Waals surface area contributed by atoms with E-state index in [2.05, 4.69) is 20.7 Å². The summed E-state index contributed by atoms with van der Waals surface area (Å²) in [4.78, 5) is 0. The molecule has 6 heteroatoms. The number of benzene rings is 2. The first kappa shape index (κ1) is 15.9. The summed E-state index contributed by atoms with van der Waals surface area (Å²) in [5.41, 5.74) is 1.90. The van der Waals surface area contributed by atoms with E-state index in [-0.39, 0.29) is 5.75 Å². The molecular weight excluding hydrogens is 349 g/mol. The van der Waals surface area contributed by atoms with Crippen LogP contribution in [0.5, 0.6) is 5.75 Å². The second-order valence-corrected chi connectivity index (χ2v) is 5.40. The molecule has 0 aliphatic rings. The smallest absolute Gasteiger partial charge is 0.406 e. The normalized spacial score (nSPS) is 13.0. The van der Waals surface area contributed by atoms with Gasteiger partial charge in [-0.15, -0.1) is 13.2 Å². The van der Waals surface area contributed by atoms with Crippen molar-refractivity contribution in [1.29, 1.82) is 0 Å². The minimum Gasteiger partial charge on any atom is -0.406 e. The van der Waals surface area contributed by atoms with E-state index in [0.717, 1.165) is 5.56 Å². The van der Waals surface area contributed by atoms with Crippen LogP contribution in [0.2, 0.25) is 0 Å². The van der Waals surface area contributed by atoms with E-state index in [1.165, 1.54) is 18.2 Å². The lowest BCUT2D eigenvalue weighted by Crippen LogP contribution is -2.17. The molecule has 0 aliphatic carbocycles. The highest BCUT2D eigenvalue weighted by Crippen LogP contribution is 2.32. The molecule has 0 fully saturated rings. The largest absolute Gasteiger partial charge is 0.573 e. The van der Waals surface area contributed by atoms with Crippen LogP contribution >= 0.6 is 15.9 Å². The van der Waals surface area contributed by atoms with Gasteiger partial charge in [0.25, 0.3) is 0 Å². The Kier molecular flexibility index (Phi) is 4.58. The fraction of sp³-hybridized carbons (Fsp3) is 0.200. The van der Waals surface area contributed by atoms with Gasteiger partial charge in [0.1, 0.15) is 11.9 Å². The molecule has 0 spiro atoms. The molecule has 2 nitrogen and oxygen atoms in total. The summed E-state index contributed by atoms with van der Waals surface area (Å²) in [5, 5.41) is 10.3. The topological polar surface area (TPSA) is 29.5 Å². The van der Waals surface area contributed by atoms with E-state index >= 15 is 0 Å². The van der Waals surface area contributed by atoms with Crippen molar-refractivity contribution in [2.24, 2.45) is 0 Å². The number of aliphatic hydroxyl groups excluding tert-OH is 1. The van der Waals surface area contributed by atoms with Gasteiger partial charge >= 0.3 is 6.36 Å². The molecular formula is C15H12BrF3O2. The molecule has 0 bridgehead atoms. The quantitative estimate of drug-likeness (QED) is 0.856. The van der Waals surface area contributed by atoms with Crippen molar-refractivity contribution in [2.75, 3.05) is 0 Å². The maximum atomic E-state index is 12.2. The molecule has 0 aromatic heterocycles. The van der Waals surface area contributed by atoms with Gasteiger partial charge in [-0.3, -0.25) is 0 Å². The summed E-state index contributed by atoms with van der Waals surface area (Å²) in [6.45, 7) is 1.90. The highest BCUT2D eigenvalue weighted by molar-refractivity contribution is 9.10. The van der Waals surface area contributed by atoms with Crippen LogP contribution in [0.4, 0.5) is 13.2 Å². The first-order chi connectivity index (χ1) is 9.76. The number of alkyl halides is 3. The summed E-state index contributed by atoms with van der Waals surface area (Å²) < 4.78 is 41.2. The number of hydrogen-bond donors (Lipinski definition) is 1. The summed E-state index contributed by atoms with van der Waals surface area (Å²) in [6.07, 6.45) is -5.80. The molecule has 21 heavy (non-hydrogen) atoms. The summed E-state index contributed by atoms with van der Waals surface area (Å²) >= 11 is 3.34. The molecule has 2 aromatic rings. The first-order valence-corrected chi connectivity index (χ1v) is 6.85. The van der Waals surface area contributed by atoms with Gasteiger partial charge in [0.05, 0.1) is 0 Å². The molecule has 1 N–H and O–H groups in total. The predicted molar refractivity (Wildman–Crippen MR) is 76.1 cm³/mol. The zero-order valence-corrected chi connectivity index (χ0v) is 12.6. The minimum absolute atomic E-state index is 0.321. The SMILES string of the molecule is Cc1ccc(C(O)c2cccc(OC(F)(F)F)c2)c(Br)c1. The van der Waals surface area contributed by atoms with Gasteiger partial charge in [0.2, 0.25) is 0 Å². The number of halogens is 4. The standard InChI is InChI=1S/C15H12BrF3O2/c1-9-5-6-12(13(16)7-9)14(20)10-3-2-4-11(8-10)21-15(17,18)19/h2-8,14,20H,1H3. The Hall–Kier alpha value is -1.53. The molecule has 2 aromatic carbocycles. The van der Waals surface area contributed by atoms with E-state index in [1.54, 1.807) is 12.1 Å². The number of aryl methyl sites for hydroxylation is 1. The van der Waals surface area contributed by atoms with Gasteiger partial charge in [-0.05, 0) is 41.8 Å². The molecule has 0 aliphatic heterocycles. The van der Waals surface area contributed by atoms with Gasteiger partial charge in [0, 0.05) is 4.47 Å². The van der Waals surface area contributed by atoms with Crippen LogP contribution in [-0.4, -0.2) is 11.5 Å². The lowest BCUT2D eigenvalue weighted by Gasteiger charge is -2.15. The molecule has 0 saturated carbocycles. The highest BCUT2D eigenvalue weighted by atomic mass is 79.9. The summed E-state index contributed by atoms with van der Waals surface area (Å²) in [5.74, 6) is -0.359. The Labute approximate surface area is 128 Å². The van der Waals surface area contributed by atoms with E-state index in [9.17, 15) is 18.3 Å². The van der Waals surface area contributed by atoms with E-state index in [1.807, 2.05) is 19.1 Å². The van der Waals surface area contributed by atoms with E-state index in [0.29, 0.717) is 15.6 Å². The van der Waals surface area contributed by atoms with Crippen LogP contribution in [0, 0.1) is 6.92 Å². The van der Waals surface area contributed by atoms with Crippen molar-refractivity contribution in [3.63, 3.8) is 0 Å². The second-order valence-electron chi connectivity index (χ2n) is 4.55. The van der Waals surface area contributed by atoms with Crippen LogP contribution < -0.4 is 4.74 Å². The predicted octanol–water partition coefficient (Wildman–Crippen LogP) is 4.74. The molecule has 0 heterocycles. The Morgan fingerprint density at radius 3 is 2.48 bits per heavy atom. The third kappa shape index (κ3) is 4.22. The molecule has 0 saturated heterocycles. The van der Waals surface area contributed by atoms with E-state index in [4.69, 9.17) is 0 Å². The summed E-state index contributed by atoms with van der Waals surface area (Å²) in [7, 11) is 0. The number of rotatable bonds is 3. The van der Waals surface area contributed by atoms with E-state index < -0.39 is 12.5 Å². The fourth-order valence-corrected chi connectivity index (χ4v) is 2.63. The molecule has 1 unspecified atom stereocenters. The zero-order chi connectivity index (χ0) is 15.6. The van der Waals surface area contributed by atoms with Gasteiger partial charge in [-0.25, -0.2) is 0 Å². The van der Waals surface area contributed by atoms with Crippen molar-refractivity contribution >= 4 is 15.9 Å². The van der Waals surface area contributed by atoms with Gasteiger partial charge < -0.3 is 9.84 Å². The summed E-state index contributed by atoms with van der Waals surface area (Å²) in [6, 6.07) is 10.7. The van der Waals surface area contributed by atoms with Crippen LogP contribution in [0.1, 0.15) is 22.8 Å². The Bertz CT molecular complexity index is 641. The molecule has 1 atom stereocenters. The number of ether oxygens (including phenoxy) is 1. The Morgan fingerprint density at radius 2 is 1.86 bits per heavy atom. The molecule has 0 radical (unpaired) electrons. The Balaban J connectivity index is 2.31. The van der Waals surface area contributed by atoms with Gasteiger partial charge in [-0.2, -0.15) is 0 Å². The monoisotopic (exact) mass is 360 g/mol. The maximum absolute atomic E-state index is 12.2. The zero-order valence-electron chi connectivity index (χ0n) is 11.0. The lowest BCUT2D eigenvalue weighted by molar-refractivity contribution is -0.274. The second kappa shape index (κ2) is 6.07. The van der Waals surface area contributed by atoms with Crippen LogP contribution in [-0.2, 0) is 0 Å². The first-order valence-electron chi connectivity index (χ1n) is 6.06. The third-order valence-electron chi connectivity index (χ3n) is 2.86. The minimum atomic E-state index is -4.76. The third-order valence-corrected chi connectivity index (χ3v) is 3.54. The number of hydrogen-bond acceptors (Lipinski definition) is 2. The molecule has 2 rings (SSSR count). The highest BCUT2D eigenvalue weighted by Gasteiger charge is 2.31. The van der Waals surface area contributed by atoms with Crippen molar-refractivity contribution < 1.29 is 23.0 Å². The molecule has 112 valence electrons. The van der Waals surface area contributed by atoms with Crippen LogP contribution in [0.25, 0.3) is 0 Å². The van der Waals surface area contributed by atoms with Crippen molar-refractivity contribution in [2.45, 2.75) is 19.4 Å². The van der Waals surface area contributed by atoms with Crippen molar-refractivity contribution in [3.8, 4) is 5.75 Å². The lowest BCUT2D eigenvalue weighted by atomic mass is 10.0. The average molecular weight is 361 g/mol. The van der Waals surface area contributed by atoms with Crippen LogP contribution in [0.15, 0.2) is 46.9 Å². The van der Waals surface area contributed by atoms with Gasteiger partial charge in [0.15, 0.2) is 0 Å². The fourth-order valence-electron chi connectivity index (χ4n) is 1.92. The molecule has 0 amide bonds. The van der Waals surface area contributed by atoms with Gasteiger partial charge in [-0.1, -0.05) is 40.2 Å². The number of aliphatic hydroxyl groups is 1. The Morgan fingerprint density at radius 1 is 1.14 bits per heavy atom. The van der Waals surface area contributed by atoms with Crippen LogP contribution in [0.3, 0.4) is 0 Å². The van der Waals surface area contributed by atoms with Crippen molar-refractivity contribution in [1.82, 2.24) is 0 Å². The van der Waals surface area contributed by atoms with Crippen molar-refractivity contribution in [3.05, 3.63) is 63.6 Å². The average Bonchev–Trinajstić information content (AvgIpc) is 2.36.